The number of benzene rings is 2. The maximum Gasteiger partial charge on any atom is 0.223 e. The maximum atomic E-state index is 14.2. The van der Waals surface area contributed by atoms with Gasteiger partial charge in [0.1, 0.15) is 5.82 Å². The standard InChI is InChI=1S/C22H22FN3O/c1-15-12-25(20-7-3-4-8-21(20)26(13-15)16(2)27)14-17-9-10-19(23)18-6-5-11-24-22(17)18/h3-11,15H,12-14H2,1-2H3. The molecule has 0 aliphatic carbocycles. The van der Waals surface area contributed by atoms with E-state index in [1.165, 1.54) is 6.07 Å². The Morgan fingerprint density at radius 1 is 1.11 bits per heavy atom. The molecule has 0 N–H and O–H groups in total. The molecule has 0 bridgehead atoms. The van der Waals surface area contributed by atoms with E-state index in [4.69, 9.17) is 0 Å². The summed E-state index contributed by atoms with van der Waals surface area (Å²) in [6.45, 7) is 5.87. The van der Waals surface area contributed by atoms with Crippen LogP contribution in [0.3, 0.4) is 0 Å². The number of carbonyl (C=O) groups is 1. The summed E-state index contributed by atoms with van der Waals surface area (Å²) < 4.78 is 14.2. The first kappa shape index (κ1) is 17.5. The maximum absolute atomic E-state index is 14.2. The number of fused-ring (bicyclic) bond motifs is 2. The molecular weight excluding hydrogens is 341 g/mol. The average molecular weight is 363 g/mol. The SMILES string of the molecule is CC(=O)N1CC(C)CN(Cc2ccc(F)c3cccnc23)c2ccccc21. The summed E-state index contributed by atoms with van der Waals surface area (Å²) >= 11 is 0. The lowest BCUT2D eigenvalue weighted by Crippen LogP contribution is -2.33. The van der Waals surface area contributed by atoms with Crippen LogP contribution in [0.4, 0.5) is 15.8 Å². The first-order valence-corrected chi connectivity index (χ1v) is 9.19. The predicted octanol–water partition coefficient (Wildman–Crippen LogP) is 4.38. The molecule has 138 valence electrons. The Kier molecular flexibility index (Phi) is 4.52. The van der Waals surface area contributed by atoms with E-state index in [9.17, 15) is 9.18 Å². The van der Waals surface area contributed by atoms with E-state index in [0.29, 0.717) is 29.9 Å². The predicted molar refractivity (Wildman–Crippen MR) is 106 cm³/mol. The fourth-order valence-corrected chi connectivity index (χ4v) is 3.88. The van der Waals surface area contributed by atoms with Gasteiger partial charge >= 0.3 is 0 Å². The number of aromatic nitrogens is 1. The molecule has 5 heteroatoms. The Hall–Kier alpha value is -2.95. The van der Waals surface area contributed by atoms with Gasteiger partial charge in [-0.2, -0.15) is 0 Å². The first-order chi connectivity index (χ1) is 13.0. The van der Waals surface area contributed by atoms with Gasteiger partial charge in [0.25, 0.3) is 0 Å². The van der Waals surface area contributed by atoms with Crippen molar-refractivity contribution in [2.75, 3.05) is 22.9 Å². The molecule has 1 aliphatic rings. The molecule has 4 nitrogen and oxygen atoms in total. The van der Waals surface area contributed by atoms with Gasteiger partial charge in [0.15, 0.2) is 0 Å². The van der Waals surface area contributed by atoms with E-state index < -0.39 is 0 Å². The molecule has 3 aromatic rings. The van der Waals surface area contributed by atoms with Gasteiger partial charge in [-0.1, -0.05) is 25.1 Å². The van der Waals surface area contributed by atoms with Crippen molar-refractivity contribution in [2.45, 2.75) is 20.4 Å². The van der Waals surface area contributed by atoms with Crippen molar-refractivity contribution in [3.8, 4) is 0 Å². The number of hydrogen-bond acceptors (Lipinski definition) is 3. The monoisotopic (exact) mass is 363 g/mol. The number of halogens is 1. The van der Waals surface area contributed by atoms with Crippen molar-refractivity contribution in [1.82, 2.24) is 4.98 Å². The molecule has 1 atom stereocenters. The Morgan fingerprint density at radius 2 is 1.89 bits per heavy atom. The summed E-state index contributed by atoms with van der Waals surface area (Å²) in [6, 6.07) is 14.8. The van der Waals surface area contributed by atoms with E-state index in [2.05, 4.69) is 16.8 Å². The molecule has 1 aromatic heterocycles. The van der Waals surface area contributed by atoms with Crippen LogP contribution in [-0.4, -0.2) is 24.0 Å². The van der Waals surface area contributed by atoms with Crippen LogP contribution in [0.25, 0.3) is 10.9 Å². The molecule has 4 rings (SSSR count). The summed E-state index contributed by atoms with van der Waals surface area (Å²) in [5, 5.41) is 0.538. The van der Waals surface area contributed by atoms with Crippen LogP contribution in [0.1, 0.15) is 19.4 Å². The Balaban J connectivity index is 1.79. The molecule has 0 spiro atoms. The van der Waals surface area contributed by atoms with Crippen molar-refractivity contribution in [2.24, 2.45) is 5.92 Å². The van der Waals surface area contributed by atoms with Crippen molar-refractivity contribution >= 4 is 28.2 Å². The highest BCUT2D eigenvalue weighted by molar-refractivity contribution is 5.95. The second-order valence-electron chi connectivity index (χ2n) is 7.21. The van der Waals surface area contributed by atoms with Gasteiger partial charge in [0.05, 0.1) is 16.9 Å². The van der Waals surface area contributed by atoms with Crippen LogP contribution in [0, 0.1) is 11.7 Å². The molecule has 1 unspecified atom stereocenters. The summed E-state index contributed by atoms with van der Waals surface area (Å²) in [7, 11) is 0. The molecule has 0 saturated heterocycles. The zero-order valence-electron chi connectivity index (χ0n) is 15.5. The molecule has 2 aromatic carbocycles. The van der Waals surface area contributed by atoms with Gasteiger partial charge < -0.3 is 9.80 Å². The summed E-state index contributed by atoms with van der Waals surface area (Å²) in [6.07, 6.45) is 1.70. The fraction of sp³-hybridized carbons (Fsp3) is 0.273. The number of nitrogens with zero attached hydrogens (tertiary/aromatic N) is 3. The van der Waals surface area contributed by atoms with Gasteiger partial charge in [-0.05, 0) is 41.8 Å². The largest absolute Gasteiger partial charge is 0.365 e. The number of para-hydroxylation sites is 2. The molecule has 27 heavy (non-hydrogen) atoms. The molecule has 2 heterocycles. The van der Waals surface area contributed by atoms with Crippen LogP contribution in [0.5, 0.6) is 0 Å². The lowest BCUT2D eigenvalue weighted by atomic mass is 10.1. The normalized spacial score (nSPS) is 16.9. The second-order valence-corrected chi connectivity index (χ2v) is 7.21. The number of pyridine rings is 1. The number of anilines is 2. The zero-order valence-corrected chi connectivity index (χ0v) is 15.5. The van der Waals surface area contributed by atoms with Crippen LogP contribution < -0.4 is 9.80 Å². The summed E-state index contributed by atoms with van der Waals surface area (Å²) in [5.74, 6) is 0.0975. The minimum atomic E-state index is -0.255. The smallest absolute Gasteiger partial charge is 0.223 e. The molecule has 1 aliphatic heterocycles. The van der Waals surface area contributed by atoms with Crippen LogP contribution in [0.2, 0.25) is 0 Å². The lowest BCUT2D eigenvalue weighted by molar-refractivity contribution is -0.116. The van der Waals surface area contributed by atoms with Gasteiger partial charge in [-0.15, -0.1) is 0 Å². The Bertz CT molecular complexity index is 1000. The van der Waals surface area contributed by atoms with Crippen molar-refractivity contribution in [3.63, 3.8) is 0 Å². The lowest BCUT2D eigenvalue weighted by Gasteiger charge is -2.27. The summed E-state index contributed by atoms with van der Waals surface area (Å²) in [4.78, 5) is 20.7. The minimum absolute atomic E-state index is 0.0463. The first-order valence-electron chi connectivity index (χ1n) is 9.19. The van der Waals surface area contributed by atoms with Gasteiger partial charge in [0, 0.05) is 38.1 Å². The number of hydrogen-bond donors (Lipinski definition) is 0. The molecule has 0 fully saturated rings. The van der Waals surface area contributed by atoms with Crippen LogP contribution in [-0.2, 0) is 11.3 Å². The van der Waals surface area contributed by atoms with Gasteiger partial charge in [-0.25, -0.2) is 4.39 Å². The third kappa shape index (κ3) is 3.25. The highest BCUT2D eigenvalue weighted by Gasteiger charge is 2.26. The fourth-order valence-electron chi connectivity index (χ4n) is 3.88. The summed E-state index contributed by atoms with van der Waals surface area (Å²) in [5.41, 5.74) is 3.61. The van der Waals surface area contributed by atoms with Gasteiger partial charge in [-0.3, -0.25) is 9.78 Å². The highest BCUT2D eigenvalue weighted by Crippen LogP contribution is 2.35. The third-order valence-corrected chi connectivity index (χ3v) is 5.08. The zero-order chi connectivity index (χ0) is 19.0. The number of rotatable bonds is 2. The number of carbonyl (C=O) groups excluding carboxylic acids is 1. The average Bonchev–Trinajstić information content (AvgIpc) is 2.81. The quantitative estimate of drug-likeness (QED) is 0.678. The Labute approximate surface area is 158 Å². The van der Waals surface area contributed by atoms with E-state index in [1.54, 1.807) is 25.3 Å². The molecular formula is C22H22FN3O. The Morgan fingerprint density at radius 3 is 2.67 bits per heavy atom. The van der Waals surface area contributed by atoms with Crippen molar-refractivity contribution in [3.05, 3.63) is 66.1 Å². The highest BCUT2D eigenvalue weighted by atomic mass is 19.1. The molecule has 0 radical (unpaired) electrons. The van der Waals surface area contributed by atoms with Crippen LogP contribution in [0.15, 0.2) is 54.7 Å². The third-order valence-electron chi connectivity index (χ3n) is 5.08. The van der Waals surface area contributed by atoms with E-state index in [1.807, 2.05) is 35.2 Å². The number of amides is 1. The topological polar surface area (TPSA) is 36.4 Å². The minimum Gasteiger partial charge on any atom is -0.365 e. The van der Waals surface area contributed by atoms with Crippen LogP contribution >= 0.6 is 0 Å². The van der Waals surface area contributed by atoms with Crippen molar-refractivity contribution < 1.29 is 9.18 Å². The van der Waals surface area contributed by atoms with E-state index >= 15 is 0 Å². The second kappa shape index (κ2) is 6.99. The van der Waals surface area contributed by atoms with Gasteiger partial charge in [0.2, 0.25) is 5.91 Å². The van der Waals surface area contributed by atoms with E-state index in [-0.39, 0.29) is 11.7 Å². The molecule has 1 amide bonds. The van der Waals surface area contributed by atoms with E-state index in [0.717, 1.165) is 23.5 Å². The van der Waals surface area contributed by atoms with Crippen molar-refractivity contribution in [1.29, 1.82) is 0 Å². The molecule has 0 saturated carbocycles.